The Morgan fingerprint density at radius 1 is 1.26 bits per heavy atom. The number of nitrogens with zero attached hydrogens (tertiary/aromatic N) is 4. The number of hydrogen-bond acceptors (Lipinski definition) is 4. The van der Waals surface area contributed by atoms with Crippen LogP contribution in [0, 0.1) is 5.92 Å². The molecule has 1 aromatic rings. The van der Waals surface area contributed by atoms with Crippen molar-refractivity contribution in [1.29, 1.82) is 0 Å². The third-order valence-corrected chi connectivity index (χ3v) is 5.15. The summed E-state index contributed by atoms with van der Waals surface area (Å²) in [5.41, 5.74) is -1.58. The van der Waals surface area contributed by atoms with Gasteiger partial charge in [-0.25, -0.2) is 0 Å². The summed E-state index contributed by atoms with van der Waals surface area (Å²) in [6.45, 7) is 0.508. The van der Waals surface area contributed by atoms with Gasteiger partial charge in [0.2, 0.25) is 5.91 Å². The summed E-state index contributed by atoms with van der Waals surface area (Å²) in [6, 6.07) is -0.209. The molecule has 2 amide bonds. The number of halogens is 3. The molecular formula is C16H19F3N4O4. The monoisotopic (exact) mass is 388 g/mol. The molecule has 0 aliphatic carbocycles. The molecule has 8 nitrogen and oxygen atoms in total. The summed E-state index contributed by atoms with van der Waals surface area (Å²) in [7, 11) is 1.28. The van der Waals surface area contributed by atoms with Crippen LogP contribution in [0.4, 0.5) is 13.2 Å². The lowest BCUT2D eigenvalue weighted by Gasteiger charge is -2.36. The molecule has 3 rings (SSSR count). The van der Waals surface area contributed by atoms with Crippen LogP contribution < -0.4 is 0 Å². The second-order valence-corrected chi connectivity index (χ2v) is 6.84. The van der Waals surface area contributed by atoms with E-state index in [1.807, 2.05) is 0 Å². The van der Waals surface area contributed by atoms with E-state index >= 15 is 0 Å². The van der Waals surface area contributed by atoms with Crippen molar-refractivity contribution in [2.75, 3.05) is 19.6 Å². The van der Waals surface area contributed by atoms with Crippen molar-refractivity contribution in [3.63, 3.8) is 0 Å². The van der Waals surface area contributed by atoms with E-state index in [1.54, 1.807) is 0 Å². The van der Waals surface area contributed by atoms with Crippen molar-refractivity contribution in [3.05, 3.63) is 17.5 Å². The van der Waals surface area contributed by atoms with E-state index < -0.39 is 35.2 Å². The molecule has 0 radical (unpaired) electrons. The fourth-order valence-corrected chi connectivity index (χ4v) is 3.68. The van der Waals surface area contributed by atoms with Gasteiger partial charge in [-0.2, -0.15) is 18.3 Å². The molecule has 2 fully saturated rings. The Morgan fingerprint density at radius 3 is 2.41 bits per heavy atom. The van der Waals surface area contributed by atoms with Crippen molar-refractivity contribution in [2.24, 2.45) is 13.0 Å². The number of hydrogen-bond donors (Lipinski definition) is 1. The van der Waals surface area contributed by atoms with Crippen LogP contribution in [-0.4, -0.2) is 68.1 Å². The van der Waals surface area contributed by atoms with Crippen molar-refractivity contribution >= 4 is 17.8 Å². The number of carbonyl (C=O) groups excluding carboxylic acids is 2. The third kappa shape index (κ3) is 3.62. The fourth-order valence-electron chi connectivity index (χ4n) is 3.68. The van der Waals surface area contributed by atoms with Gasteiger partial charge >= 0.3 is 12.1 Å². The van der Waals surface area contributed by atoms with Crippen LogP contribution in [0.3, 0.4) is 0 Å². The van der Waals surface area contributed by atoms with Crippen molar-refractivity contribution in [2.45, 2.75) is 31.5 Å². The maximum Gasteiger partial charge on any atom is 0.420 e. The van der Waals surface area contributed by atoms with Crippen molar-refractivity contribution < 1.29 is 32.7 Å². The zero-order chi connectivity index (χ0) is 19.9. The fraction of sp³-hybridized carbons (Fsp3) is 0.625. The molecule has 148 valence electrons. The van der Waals surface area contributed by atoms with Crippen LogP contribution in [0.2, 0.25) is 0 Å². The van der Waals surface area contributed by atoms with Gasteiger partial charge < -0.3 is 14.9 Å². The quantitative estimate of drug-likeness (QED) is 0.833. The number of aryl methyl sites for hydroxylation is 1. The zero-order valence-electron chi connectivity index (χ0n) is 14.6. The molecule has 1 aromatic heterocycles. The van der Waals surface area contributed by atoms with Gasteiger partial charge in [0.15, 0.2) is 0 Å². The second kappa shape index (κ2) is 6.86. The predicted molar refractivity (Wildman–Crippen MR) is 84.6 cm³/mol. The van der Waals surface area contributed by atoms with Crippen molar-refractivity contribution in [1.82, 2.24) is 19.6 Å². The molecule has 0 bridgehead atoms. The highest BCUT2D eigenvalue weighted by Gasteiger charge is 2.42. The van der Waals surface area contributed by atoms with E-state index in [0.29, 0.717) is 19.0 Å². The van der Waals surface area contributed by atoms with E-state index in [2.05, 4.69) is 5.10 Å². The average molecular weight is 388 g/mol. The smallest absolute Gasteiger partial charge is 0.420 e. The molecular weight excluding hydrogens is 369 g/mol. The van der Waals surface area contributed by atoms with Crippen LogP contribution in [0.15, 0.2) is 6.20 Å². The van der Waals surface area contributed by atoms with Gasteiger partial charge in [0.1, 0.15) is 11.3 Å². The molecule has 0 aromatic carbocycles. The maximum absolute atomic E-state index is 13.1. The molecule has 1 unspecified atom stereocenters. The van der Waals surface area contributed by atoms with E-state index in [-0.39, 0.29) is 38.0 Å². The Labute approximate surface area is 152 Å². The van der Waals surface area contributed by atoms with Gasteiger partial charge in [-0.15, -0.1) is 0 Å². The Bertz CT molecular complexity index is 768. The summed E-state index contributed by atoms with van der Waals surface area (Å²) >= 11 is 0. The van der Waals surface area contributed by atoms with Crippen LogP contribution in [0.1, 0.15) is 35.3 Å². The van der Waals surface area contributed by atoms with E-state index in [9.17, 15) is 27.6 Å². The summed E-state index contributed by atoms with van der Waals surface area (Å²) in [5.74, 6) is -2.74. The molecule has 2 aliphatic heterocycles. The van der Waals surface area contributed by atoms with Gasteiger partial charge in [-0.3, -0.25) is 19.1 Å². The number of likely N-dealkylation sites (tertiary alicyclic amines) is 2. The minimum absolute atomic E-state index is 0.0432. The molecule has 27 heavy (non-hydrogen) atoms. The highest BCUT2D eigenvalue weighted by Crippen LogP contribution is 2.33. The molecule has 2 saturated heterocycles. The SMILES string of the molecule is Cn1ncc(C(F)(F)F)c1C(=O)N1CCC(N2CC(C(=O)O)CC2=O)CC1. The summed E-state index contributed by atoms with van der Waals surface area (Å²) in [4.78, 5) is 38.5. The van der Waals surface area contributed by atoms with E-state index in [0.717, 1.165) is 4.68 Å². The zero-order valence-corrected chi connectivity index (χ0v) is 14.6. The average Bonchev–Trinajstić information content (AvgIpc) is 3.17. The molecule has 1 atom stereocenters. The molecule has 1 N–H and O–H groups in total. The Hall–Kier alpha value is -2.59. The van der Waals surface area contributed by atoms with Crippen LogP contribution in [0.5, 0.6) is 0 Å². The molecule has 3 heterocycles. The Morgan fingerprint density at radius 2 is 1.89 bits per heavy atom. The largest absolute Gasteiger partial charge is 0.481 e. The Kier molecular flexibility index (Phi) is 4.87. The normalized spacial score (nSPS) is 21.8. The van der Waals surface area contributed by atoms with Crippen LogP contribution in [0.25, 0.3) is 0 Å². The summed E-state index contributed by atoms with van der Waals surface area (Å²) in [6.07, 6.45) is -3.30. The number of carboxylic acids is 1. The van der Waals surface area contributed by atoms with Gasteiger partial charge in [0.05, 0.1) is 12.1 Å². The first-order valence-corrected chi connectivity index (χ1v) is 8.50. The third-order valence-electron chi connectivity index (χ3n) is 5.15. The minimum Gasteiger partial charge on any atom is -0.481 e. The minimum atomic E-state index is -4.68. The lowest BCUT2D eigenvalue weighted by molar-refractivity contribution is -0.141. The summed E-state index contributed by atoms with van der Waals surface area (Å²) < 4.78 is 40.2. The van der Waals surface area contributed by atoms with Gasteiger partial charge in [-0.05, 0) is 12.8 Å². The maximum atomic E-state index is 13.1. The highest BCUT2D eigenvalue weighted by atomic mass is 19.4. The van der Waals surface area contributed by atoms with Gasteiger partial charge in [0, 0.05) is 39.1 Å². The Balaban J connectivity index is 1.67. The standard InChI is InChI=1S/C16H19F3N4O4/c1-21-13(11(7-20-21)16(17,18)19)14(25)22-4-2-10(3-5-22)23-8-9(15(26)27)6-12(23)24/h7,9-10H,2-6,8H2,1H3,(H,26,27). The molecule has 2 aliphatic rings. The van der Waals surface area contributed by atoms with Gasteiger partial charge in [-0.1, -0.05) is 0 Å². The second-order valence-electron chi connectivity index (χ2n) is 6.84. The number of amides is 2. The number of carbonyl (C=O) groups is 3. The number of rotatable bonds is 3. The topological polar surface area (TPSA) is 95.7 Å². The van der Waals surface area contributed by atoms with Crippen molar-refractivity contribution in [3.8, 4) is 0 Å². The molecule has 0 saturated carbocycles. The predicted octanol–water partition coefficient (Wildman–Crippen LogP) is 0.977. The summed E-state index contributed by atoms with van der Waals surface area (Å²) in [5, 5.41) is 12.6. The number of aliphatic carboxylic acids is 1. The lowest BCUT2D eigenvalue weighted by Crippen LogP contribution is -2.48. The lowest BCUT2D eigenvalue weighted by atomic mass is 10.0. The van der Waals surface area contributed by atoms with E-state index in [1.165, 1.54) is 16.8 Å². The first-order valence-electron chi connectivity index (χ1n) is 8.50. The van der Waals surface area contributed by atoms with Crippen LogP contribution in [-0.2, 0) is 22.8 Å². The first kappa shape index (κ1) is 19.2. The number of alkyl halides is 3. The van der Waals surface area contributed by atoms with Gasteiger partial charge in [0.25, 0.3) is 5.91 Å². The highest BCUT2D eigenvalue weighted by molar-refractivity contribution is 5.94. The number of carboxylic acid groups (broad SMARTS) is 1. The molecule has 11 heteroatoms. The number of piperidine rings is 1. The van der Waals surface area contributed by atoms with E-state index in [4.69, 9.17) is 5.11 Å². The first-order chi connectivity index (χ1) is 12.6. The number of aromatic nitrogens is 2. The van der Waals surface area contributed by atoms with Crippen LogP contribution >= 0.6 is 0 Å². The molecule has 0 spiro atoms.